The van der Waals surface area contributed by atoms with Crippen molar-refractivity contribution in [3.05, 3.63) is 62.3 Å². The van der Waals surface area contributed by atoms with Gasteiger partial charge in [0, 0.05) is 20.3 Å². The standard InChI is InChI=1S/C18H16Br2N4O2S/c1-11-22-23-18(27-10-12-3-5-14(19)6-4-12)24(11)21-9-13-7-15(20)8-16(26-2)17(13)25/h3-9,25H,10H2,1-2H3/b21-9+. The second-order valence-electron chi connectivity index (χ2n) is 5.55. The molecule has 2 aromatic carbocycles. The van der Waals surface area contributed by atoms with Crippen LogP contribution in [0.5, 0.6) is 11.5 Å². The van der Waals surface area contributed by atoms with Gasteiger partial charge in [0.15, 0.2) is 17.3 Å². The SMILES string of the molecule is COc1cc(Br)cc(/C=N/n2c(C)nnc2SCc2ccc(Br)cc2)c1O. The lowest BCUT2D eigenvalue weighted by molar-refractivity contribution is 0.373. The second-order valence-corrected chi connectivity index (χ2v) is 8.32. The Morgan fingerprint density at radius 3 is 2.63 bits per heavy atom. The molecular weight excluding hydrogens is 496 g/mol. The lowest BCUT2D eigenvalue weighted by Gasteiger charge is -2.07. The molecule has 0 atom stereocenters. The number of nitrogens with zero attached hydrogens (tertiary/aromatic N) is 4. The highest BCUT2D eigenvalue weighted by Gasteiger charge is 2.11. The molecule has 0 spiro atoms. The molecule has 0 saturated carbocycles. The third-order valence-corrected chi connectivity index (χ3v) is 5.63. The van der Waals surface area contributed by atoms with Crippen LogP contribution in [0.3, 0.4) is 0 Å². The monoisotopic (exact) mass is 510 g/mol. The van der Waals surface area contributed by atoms with Crippen LogP contribution in [0, 0.1) is 6.92 Å². The number of aromatic hydroxyl groups is 1. The average molecular weight is 512 g/mol. The Kier molecular flexibility index (Phi) is 6.56. The van der Waals surface area contributed by atoms with Crippen molar-refractivity contribution in [3.63, 3.8) is 0 Å². The fourth-order valence-corrected chi connectivity index (χ4v) is 3.87. The average Bonchev–Trinajstić information content (AvgIpc) is 3.01. The quantitative estimate of drug-likeness (QED) is 0.372. The summed E-state index contributed by atoms with van der Waals surface area (Å²) < 4.78 is 8.64. The van der Waals surface area contributed by atoms with Crippen molar-refractivity contribution in [2.45, 2.75) is 17.8 Å². The van der Waals surface area contributed by atoms with Crippen LogP contribution < -0.4 is 4.74 Å². The normalized spacial score (nSPS) is 11.3. The van der Waals surface area contributed by atoms with Gasteiger partial charge in [-0.2, -0.15) is 9.78 Å². The molecule has 0 bridgehead atoms. The van der Waals surface area contributed by atoms with Gasteiger partial charge in [-0.15, -0.1) is 10.2 Å². The number of phenolic OH excluding ortho intramolecular Hbond substituents is 1. The fourth-order valence-electron chi connectivity index (χ4n) is 2.26. The van der Waals surface area contributed by atoms with Crippen molar-refractivity contribution in [2.75, 3.05) is 7.11 Å². The largest absolute Gasteiger partial charge is 0.504 e. The first-order chi connectivity index (χ1) is 13.0. The van der Waals surface area contributed by atoms with Gasteiger partial charge in [0.25, 0.3) is 0 Å². The smallest absolute Gasteiger partial charge is 0.212 e. The molecule has 3 rings (SSSR count). The van der Waals surface area contributed by atoms with Gasteiger partial charge in [-0.1, -0.05) is 55.8 Å². The number of ether oxygens (including phenoxy) is 1. The van der Waals surface area contributed by atoms with Gasteiger partial charge in [0.1, 0.15) is 0 Å². The summed E-state index contributed by atoms with van der Waals surface area (Å²) in [6.45, 7) is 1.83. The van der Waals surface area contributed by atoms with E-state index in [4.69, 9.17) is 4.74 Å². The molecule has 27 heavy (non-hydrogen) atoms. The van der Waals surface area contributed by atoms with E-state index < -0.39 is 0 Å². The van der Waals surface area contributed by atoms with Crippen molar-refractivity contribution in [2.24, 2.45) is 5.10 Å². The van der Waals surface area contributed by atoms with Crippen molar-refractivity contribution in [1.82, 2.24) is 14.9 Å². The predicted molar refractivity (Wildman–Crippen MR) is 114 cm³/mol. The van der Waals surface area contributed by atoms with Gasteiger partial charge >= 0.3 is 0 Å². The maximum atomic E-state index is 10.3. The zero-order valence-electron chi connectivity index (χ0n) is 14.6. The van der Waals surface area contributed by atoms with Gasteiger partial charge in [-0.25, -0.2) is 0 Å². The number of aryl methyl sites for hydroxylation is 1. The summed E-state index contributed by atoms with van der Waals surface area (Å²) in [6.07, 6.45) is 1.56. The number of hydrogen-bond acceptors (Lipinski definition) is 6. The first kappa shape index (κ1) is 19.9. The number of aromatic nitrogens is 3. The van der Waals surface area contributed by atoms with Gasteiger partial charge < -0.3 is 9.84 Å². The minimum absolute atomic E-state index is 0.0271. The van der Waals surface area contributed by atoms with E-state index in [2.05, 4.69) is 59.3 Å². The van der Waals surface area contributed by atoms with Crippen LogP contribution in [0.25, 0.3) is 0 Å². The van der Waals surface area contributed by atoms with Gasteiger partial charge in [0.05, 0.1) is 13.3 Å². The minimum Gasteiger partial charge on any atom is -0.504 e. The Bertz CT molecular complexity index is 974. The summed E-state index contributed by atoms with van der Waals surface area (Å²) in [4.78, 5) is 0. The maximum absolute atomic E-state index is 10.3. The number of thioether (sulfide) groups is 1. The molecule has 140 valence electrons. The molecule has 9 heteroatoms. The molecule has 0 aliphatic heterocycles. The molecule has 3 aromatic rings. The van der Waals surface area contributed by atoms with Crippen LogP contribution in [0.4, 0.5) is 0 Å². The summed E-state index contributed by atoms with van der Waals surface area (Å²) in [5.74, 6) is 1.80. The van der Waals surface area contributed by atoms with E-state index in [9.17, 15) is 5.11 Å². The Labute approximate surface area is 177 Å². The van der Waals surface area contributed by atoms with E-state index in [0.717, 1.165) is 14.7 Å². The van der Waals surface area contributed by atoms with Crippen molar-refractivity contribution in [1.29, 1.82) is 0 Å². The molecule has 0 amide bonds. The Morgan fingerprint density at radius 2 is 1.93 bits per heavy atom. The predicted octanol–water partition coefficient (Wildman–Crippen LogP) is 5.00. The molecule has 0 aliphatic carbocycles. The van der Waals surface area contributed by atoms with Crippen LogP contribution >= 0.6 is 43.6 Å². The van der Waals surface area contributed by atoms with Gasteiger partial charge in [0.2, 0.25) is 5.16 Å². The highest BCUT2D eigenvalue weighted by Crippen LogP contribution is 2.32. The van der Waals surface area contributed by atoms with Gasteiger partial charge in [-0.3, -0.25) is 0 Å². The molecule has 1 N–H and O–H groups in total. The van der Waals surface area contributed by atoms with Crippen LogP contribution in [-0.4, -0.2) is 33.3 Å². The number of benzene rings is 2. The van der Waals surface area contributed by atoms with E-state index in [1.54, 1.807) is 34.8 Å². The van der Waals surface area contributed by atoms with Crippen LogP contribution in [0.2, 0.25) is 0 Å². The van der Waals surface area contributed by atoms with Gasteiger partial charge in [-0.05, 0) is 36.8 Å². The number of rotatable bonds is 6. The van der Waals surface area contributed by atoms with E-state index in [-0.39, 0.29) is 5.75 Å². The number of hydrogen-bond donors (Lipinski definition) is 1. The fraction of sp³-hybridized carbons (Fsp3) is 0.167. The Hall–Kier alpha value is -1.84. The molecule has 0 radical (unpaired) electrons. The summed E-state index contributed by atoms with van der Waals surface area (Å²) in [6, 6.07) is 11.6. The van der Waals surface area contributed by atoms with E-state index in [1.807, 2.05) is 19.1 Å². The number of halogens is 2. The van der Waals surface area contributed by atoms with Crippen LogP contribution in [0.1, 0.15) is 17.0 Å². The summed E-state index contributed by atoms with van der Waals surface area (Å²) >= 11 is 8.38. The summed E-state index contributed by atoms with van der Waals surface area (Å²) in [5.41, 5.74) is 1.70. The highest BCUT2D eigenvalue weighted by atomic mass is 79.9. The first-order valence-electron chi connectivity index (χ1n) is 7.88. The Balaban J connectivity index is 1.82. The number of methoxy groups -OCH3 is 1. The third kappa shape index (κ3) is 4.91. The highest BCUT2D eigenvalue weighted by molar-refractivity contribution is 9.10. The van der Waals surface area contributed by atoms with Crippen LogP contribution in [-0.2, 0) is 5.75 Å². The molecular formula is C18H16Br2N4O2S. The molecule has 0 unspecified atom stereocenters. The topological polar surface area (TPSA) is 72.5 Å². The lowest BCUT2D eigenvalue weighted by atomic mass is 10.2. The van der Waals surface area contributed by atoms with E-state index >= 15 is 0 Å². The Morgan fingerprint density at radius 1 is 1.19 bits per heavy atom. The molecule has 0 aliphatic rings. The molecule has 0 saturated heterocycles. The third-order valence-electron chi connectivity index (χ3n) is 3.65. The van der Waals surface area contributed by atoms with Crippen molar-refractivity contribution in [3.8, 4) is 11.5 Å². The molecule has 1 aromatic heterocycles. The summed E-state index contributed by atoms with van der Waals surface area (Å²) in [5, 5.41) is 23.7. The zero-order chi connectivity index (χ0) is 19.4. The first-order valence-corrected chi connectivity index (χ1v) is 10.4. The lowest BCUT2D eigenvalue weighted by Crippen LogP contribution is -1.97. The minimum atomic E-state index is 0.0271. The second kappa shape index (κ2) is 8.90. The number of phenols is 1. The van der Waals surface area contributed by atoms with Crippen molar-refractivity contribution >= 4 is 49.8 Å². The van der Waals surface area contributed by atoms with Crippen molar-refractivity contribution < 1.29 is 9.84 Å². The molecule has 6 nitrogen and oxygen atoms in total. The van der Waals surface area contributed by atoms with E-state index in [1.165, 1.54) is 12.7 Å². The molecule has 1 heterocycles. The summed E-state index contributed by atoms with van der Waals surface area (Å²) in [7, 11) is 1.50. The maximum Gasteiger partial charge on any atom is 0.212 e. The van der Waals surface area contributed by atoms with E-state index in [0.29, 0.717) is 22.3 Å². The molecule has 0 fully saturated rings. The van der Waals surface area contributed by atoms with Crippen LogP contribution in [0.15, 0.2) is 55.6 Å². The zero-order valence-corrected chi connectivity index (χ0v) is 18.5.